The number of carboxylic acids is 2. The number of aliphatic carboxylic acids is 2. The fourth-order valence-electron chi connectivity index (χ4n) is 2.24. The third-order valence-electron chi connectivity index (χ3n) is 3.75. The molecule has 0 fully saturated rings. The summed E-state index contributed by atoms with van der Waals surface area (Å²) in [7, 11) is -4.84. The SMILES string of the molecule is C=C.CCCCCCCCCOc1ccccc1.O=C(O)CC(C(=O)O)S(=O)(=O)O.[NaH]. The number of hydrogen-bond acceptors (Lipinski definition) is 5. The van der Waals surface area contributed by atoms with E-state index >= 15 is 0 Å². The van der Waals surface area contributed by atoms with Gasteiger partial charge in [-0.05, 0) is 18.6 Å². The Morgan fingerprint density at radius 2 is 1.45 bits per heavy atom. The van der Waals surface area contributed by atoms with Gasteiger partial charge in [0, 0.05) is 0 Å². The molecule has 1 aromatic rings. The van der Waals surface area contributed by atoms with Crippen molar-refractivity contribution >= 4 is 51.6 Å². The first-order valence-corrected chi connectivity index (χ1v) is 11.3. The minimum atomic E-state index is -4.84. The molecular weight excluding hydrogens is 435 g/mol. The molecule has 1 unspecified atom stereocenters. The van der Waals surface area contributed by atoms with Gasteiger partial charge in [0.05, 0.1) is 13.0 Å². The molecule has 0 heterocycles. The Kier molecular flexibility index (Phi) is 24.1. The minimum absolute atomic E-state index is 0. The fraction of sp³-hybridized carbons (Fsp3) is 0.524. The number of rotatable bonds is 13. The first kappa shape index (κ1) is 34.2. The van der Waals surface area contributed by atoms with Crippen molar-refractivity contribution in [3.63, 3.8) is 0 Å². The van der Waals surface area contributed by atoms with Gasteiger partial charge in [-0.15, -0.1) is 13.2 Å². The predicted octanol–water partition coefficient (Wildman–Crippen LogP) is 3.77. The van der Waals surface area contributed by atoms with Crippen LogP contribution in [0, 0.1) is 0 Å². The molecule has 0 radical (unpaired) electrons. The second kappa shape index (κ2) is 21.8. The Bertz CT molecular complexity index is 680. The van der Waals surface area contributed by atoms with Crippen LogP contribution in [-0.2, 0) is 19.7 Å². The molecule has 0 bridgehead atoms. The van der Waals surface area contributed by atoms with E-state index < -0.39 is 33.7 Å². The zero-order valence-corrected chi connectivity index (χ0v) is 18.3. The van der Waals surface area contributed by atoms with Gasteiger partial charge in [0.15, 0.2) is 5.25 Å². The van der Waals surface area contributed by atoms with Crippen LogP contribution in [0.25, 0.3) is 0 Å². The van der Waals surface area contributed by atoms with Crippen LogP contribution < -0.4 is 4.74 Å². The average molecular weight is 471 g/mol. The molecular formula is C21H35NaO8S. The first-order valence-electron chi connectivity index (χ1n) is 9.77. The molecule has 0 aromatic heterocycles. The van der Waals surface area contributed by atoms with Crippen LogP contribution >= 0.6 is 0 Å². The van der Waals surface area contributed by atoms with Crippen molar-refractivity contribution in [1.82, 2.24) is 0 Å². The van der Waals surface area contributed by atoms with Gasteiger partial charge >= 0.3 is 41.5 Å². The van der Waals surface area contributed by atoms with E-state index in [1.54, 1.807) is 0 Å². The van der Waals surface area contributed by atoms with E-state index in [9.17, 15) is 18.0 Å². The molecule has 0 spiro atoms. The molecule has 10 heteroatoms. The van der Waals surface area contributed by atoms with Crippen LogP contribution in [0.1, 0.15) is 58.3 Å². The predicted molar refractivity (Wildman–Crippen MR) is 124 cm³/mol. The summed E-state index contributed by atoms with van der Waals surface area (Å²) in [5.41, 5.74) is 0. The number of carbonyl (C=O) groups is 2. The zero-order valence-electron chi connectivity index (χ0n) is 17.5. The number of unbranched alkanes of at least 4 members (excludes halogenated alkanes) is 6. The van der Waals surface area contributed by atoms with Crippen molar-refractivity contribution in [1.29, 1.82) is 0 Å². The Morgan fingerprint density at radius 1 is 0.968 bits per heavy atom. The van der Waals surface area contributed by atoms with Crippen molar-refractivity contribution < 1.29 is 37.5 Å². The summed E-state index contributed by atoms with van der Waals surface area (Å²) in [5, 5.41) is 13.9. The molecule has 31 heavy (non-hydrogen) atoms. The molecule has 174 valence electrons. The summed E-state index contributed by atoms with van der Waals surface area (Å²) >= 11 is 0. The third kappa shape index (κ3) is 21.6. The van der Waals surface area contributed by atoms with Crippen molar-refractivity contribution in [2.75, 3.05) is 6.61 Å². The fourth-order valence-corrected chi connectivity index (χ4v) is 2.85. The van der Waals surface area contributed by atoms with Crippen LogP contribution in [0.15, 0.2) is 43.5 Å². The van der Waals surface area contributed by atoms with Gasteiger partial charge in [0.1, 0.15) is 5.75 Å². The monoisotopic (exact) mass is 470 g/mol. The van der Waals surface area contributed by atoms with E-state index in [4.69, 9.17) is 19.5 Å². The third-order valence-corrected chi connectivity index (χ3v) is 4.84. The molecule has 1 aromatic carbocycles. The van der Waals surface area contributed by atoms with E-state index in [2.05, 4.69) is 20.1 Å². The van der Waals surface area contributed by atoms with E-state index in [1.165, 1.54) is 44.9 Å². The molecule has 0 saturated carbocycles. The van der Waals surface area contributed by atoms with Gasteiger partial charge in [-0.2, -0.15) is 8.42 Å². The summed E-state index contributed by atoms with van der Waals surface area (Å²) in [5.74, 6) is -2.51. The second-order valence-electron chi connectivity index (χ2n) is 6.22. The zero-order chi connectivity index (χ0) is 23.4. The van der Waals surface area contributed by atoms with Crippen LogP contribution in [0.3, 0.4) is 0 Å². The Hall–Kier alpha value is -1.39. The second-order valence-corrected chi connectivity index (χ2v) is 7.82. The molecule has 0 saturated heterocycles. The Balaban J connectivity index is -0.000000470. The quantitative estimate of drug-likeness (QED) is 0.171. The first-order chi connectivity index (χ1) is 14.2. The summed E-state index contributed by atoms with van der Waals surface area (Å²) in [6.45, 7) is 9.12. The Morgan fingerprint density at radius 3 is 1.84 bits per heavy atom. The normalized spacial score (nSPS) is 10.8. The number of hydrogen-bond donors (Lipinski definition) is 3. The molecule has 3 N–H and O–H groups in total. The molecule has 0 amide bonds. The number of ether oxygens (including phenoxy) is 1. The van der Waals surface area contributed by atoms with Crippen LogP contribution in [-0.4, -0.2) is 76.5 Å². The van der Waals surface area contributed by atoms with E-state index in [0.29, 0.717) is 0 Å². The van der Waals surface area contributed by atoms with Crippen LogP contribution in [0.5, 0.6) is 5.75 Å². The number of benzene rings is 1. The number of carboxylic acid groups (broad SMARTS) is 2. The molecule has 8 nitrogen and oxygen atoms in total. The topological polar surface area (TPSA) is 138 Å². The van der Waals surface area contributed by atoms with E-state index in [1.807, 2.05) is 30.3 Å². The van der Waals surface area contributed by atoms with Gasteiger partial charge in [0.2, 0.25) is 0 Å². The molecule has 0 aliphatic carbocycles. The average Bonchev–Trinajstić information content (AvgIpc) is 2.70. The van der Waals surface area contributed by atoms with Crippen molar-refractivity contribution in [3.8, 4) is 5.75 Å². The summed E-state index contributed by atoms with van der Waals surface area (Å²) in [6, 6.07) is 10.1. The van der Waals surface area contributed by atoms with Crippen molar-refractivity contribution in [2.45, 2.75) is 63.5 Å². The van der Waals surface area contributed by atoms with Crippen LogP contribution in [0.4, 0.5) is 0 Å². The van der Waals surface area contributed by atoms with Crippen LogP contribution in [0.2, 0.25) is 0 Å². The standard InChI is InChI=1S/C15H24O.C4H6O7S.C2H4.Na.H/c1-2-3-4-5-6-7-11-14-16-15-12-9-8-10-13-15;5-3(6)1-2(4(7)8)12(9,10)11;1-2;;/h8-10,12-13H,2-7,11,14H2,1H3;2H,1H2,(H,5,6)(H,7,8)(H,9,10,11);1-2H2;;. The summed E-state index contributed by atoms with van der Waals surface area (Å²) < 4.78 is 34.3. The molecule has 1 atom stereocenters. The summed E-state index contributed by atoms with van der Waals surface area (Å²) in [4.78, 5) is 20.0. The van der Waals surface area contributed by atoms with Gasteiger partial charge in [-0.25, -0.2) is 0 Å². The molecule has 1 rings (SSSR count). The number of para-hydroxylation sites is 1. The maximum atomic E-state index is 10.2. The molecule has 0 aliphatic rings. The van der Waals surface area contributed by atoms with Gasteiger partial charge in [-0.1, -0.05) is 63.6 Å². The Labute approximate surface area is 207 Å². The van der Waals surface area contributed by atoms with Gasteiger partial charge in [0.25, 0.3) is 10.1 Å². The van der Waals surface area contributed by atoms with Gasteiger partial charge in [-0.3, -0.25) is 14.1 Å². The van der Waals surface area contributed by atoms with Gasteiger partial charge < -0.3 is 14.9 Å². The van der Waals surface area contributed by atoms with E-state index in [-0.39, 0.29) is 29.6 Å². The van der Waals surface area contributed by atoms with E-state index in [0.717, 1.165) is 12.4 Å². The maximum absolute atomic E-state index is 10.2. The summed E-state index contributed by atoms with van der Waals surface area (Å²) in [6.07, 6.45) is 8.19. The molecule has 0 aliphatic heterocycles. The van der Waals surface area contributed by atoms with Crippen molar-refractivity contribution in [3.05, 3.63) is 43.5 Å². The van der Waals surface area contributed by atoms with Crippen molar-refractivity contribution in [2.24, 2.45) is 0 Å².